The number of carbonyl (C=O) groups is 1. The molecule has 1 heterocycles. The molecule has 3 rings (SSSR count). The number of aromatic nitrogens is 1. The van der Waals surface area contributed by atoms with Gasteiger partial charge in [-0.1, -0.05) is 6.07 Å². The van der Waals surface area contributed by atoms with Gasteiger partial charge in [-0.05, 0) is 37.3 Å². The Balaban J connectivity index is 1.58. The predicted octanol–water partition coefficient (Wildman–Crippen LogP) is 4.01. The highest BCUT2D eigenvalue weighted by atomic mass is 32.1. The lowest BCUT2D eigenvalue weighted by atomic mass is 10.1. The molecule has 7 nitrogen and oxygen atoms in total. The number of aryl methyl sites for hydroxylation is 1. The van der Waals surface area contributed by atoms with Gasteiger partial charge < -0.3 is 10.1 Å². The summed E-state index contributed by atoms with van der Waals surface area (Å²) in [4.78, 5) is 27.4. The second-order valence-electron chi connectivity index (χ2n) is 6.14. The standard InChI is InChI=1S/C20H19N3O4S/c1-13-3-4-15(11-18(13)23(25)26)19(24)21-10-9-16-12-28-20(22-16)14-5-7-17(27-2)8-6-14/h3-8,11-12H,9-10H2,1-2H3,(H,21,24). The molecule has 0 aliphatic heterocycles. The number of nitrogens with zero attached hydrogens (tertiary/aromatic N) is 2. The fourth-order valence-electron chi connectivity index (χ4n) is 2.64. The second-order valence-corrected chi connectivity index (χ2v) is 6.99. The molecule has 0 spiro atoms. The normalized spacial score (nSPS) is 10.5. The minimum atomic E-state index is -0.484. The number of nitrogens with one attached hydrogen (secondary N) is 1. The Hall–Kier alpha value is -3.26. The fraction of sp³-hybridized carbons (Fsp3) is 0.200. The van der Waals surface area contributed by atoms with E-state index in [0.717, 1.165) is 22.0 Å². The molecule has 144 valence electrons. The second kappa shape index (κ2) is 8.62. The van der Waals surface area contributed by atoms with Crippen LogP contribution in [0.4, 0.5) is 5.69 Å². The van der Waals surface area contributed by atoms with Gasteiger partial charge in [0.25, 0.3) is 11.6 Å². The van der Waals surface area contributed by atoms with Crippen LogP contribution in [0.2, 0.25) is 0 Å². The Morgan fingerprint density at radius 2 is 2.00 bits per heavy atom. The third kappa shape index (κ3) is 4.52. The van der Waals surface area contributed by atoms with E-state index in [1.54, 1.807) is 26.2 Å². The maximum Gasteiger partial charge on any atom is 0.273 e. The summed E-state index contributed by atoms with van der Waals surface area (Å²) in [6.07, 6.45) is 0.576. The van der Waals surface area contributed by atoms with Gasteiger partial charge in [0.2, 0.25) is 0 Å². The predicted molar refractivity (Wildman–Crippen MR) is 108 cm³/mol. The summed E-state index contributed by atoms with van der Waals surface area (Å²) in [6, 6.07) is 12.1. The highest BCUT2D eigenvalue weighted by Crippen LogP contribution is 2.25. The van der Waals surface area contributed by atoms with Crippen molar-refractivity contribution in [3.8, 4) is 16.3 Å². The number of nitro benzene ring substituents is 1. The molecule has 0 bridgehead atoms. The van der Waals surface area contributed by atoms with Crippen molar-refractivity contribution in [3.05, 3.63) is 74.8 Å². The molecule has 8 heteroatoms. The van der Waals surface area contributed by atoms with E-state index >= 15 is 0 Å². The first-order chi connectivity index (χ1) is 13.5. The van der Waals surface area contributed by atoms with E-state index in [1.807, 2.05) is 29.6 Å². The van der Waals surface area contributed by atoms with Gasteiger partial charge in [0.1, 0.15) is 10.8 Å². The lowest BCUT2D eigenvalue weighted by Gasteiger charge is -2.05. The molecule has 0 fully saturated rings. The van der Waals surface area contributed by atoms with Crippen molar-refractivity contribution in [2.45, 2.75) is 13.3 Å². The molecule has 0 aliphatic rings. The number of thiazole rings is 1. The van der Waals surface area contributed by atoms with Crippen molar-refractivity contribution in [1.82, 2.24) is 10.3 Å². The van der Waals surface area contributed by atoms with Crippen LogP contribution in [-0.4, -0.2) is 29.5 Å². The third-order valence-electron chi connectivity index (χ3n) is 4.22. The van der Waals surface area contributed by atoms with Crippen molar-refractivity contribution in [1.29, 1.82) is 0 Å². The van der Waals surface area contributed by atoms with Gasteiger partial charge in [-0.3, -0.25) is 14.9 Å². The molecular formula is C20H19N3O4S. The number of methoxy groups -OCH3 is 1. The molecule has 0 atom stereocenters. The van der Waals surface area contributed by atoms with Crippen molar-refractivity contribution in [2.75, 3.05) is 13.7 Å². The van der Waals surface area contributed by atoms with Crippen LogP contribution in [0.1, 0.15) is 21.6 Å². The minimum Gasteiger partial charge on any atom is -0.497 e. The van der Waals surface area contributed by atoms with Gasteiger partial charge in [0.15, 0.2) is 0 Å². The lowest BCUT2D eigenvalue weighted by molar-refractivity contribution is -0.385. The highest BCUT2D eigenvalue weighted by molar-refractivity contribution is 7.13. The number of rotatable bonds is 7. The van der Waals surface area contributed by atoms with E-state index in [0.29, 0.717) is 18.5 Å². The molecule has 0 radical (unpaired) electrons. The molecule has 0 saturated carbocycles. The molecule has 28 heavy (non-hydrogen) atoms. The largest absolute Gasteiger partial charge is 0.497 e. The molecular weight excluding hydrogens is 378 g/mol. The summed E-state index contributed by atoms with van der Waals surface area (Å²) in [5.41, 5.74) is 2.62. The highest BCUT2D eigenvalue weighted by Gasteiger charge is 2.15. The van der Waals surface area contributed by atoms with E-state index in [9.17, 15) is 14.9 Å². The van der Waals surface area contributed by atoms with E-state index in [1.165, 1.54) is 17.4 Å². The summed E-state index contributed by atoms with van der Waals surface area (Å²) < 4.78 is 5.15. The number of nitro groups is 1. The van der Waals surface area contributed by atoms with E-state index in [4.69, 9.17) is 4.74 Å². The van der Waals surface area contributed by atoms with E-state index in [-0.39, 0.29) is 17.2 Å². The number of hydrogen-bond acceptors (Lipinski definition) is 6. The van der Waals surface area contributed by atoms with Gasteiger partial charge in [-0.15, -0.1) is 11.3 Å². The summed E-state index contributed by atoms with van der Waals surface area (Å²) in [5.74, 6) is 0.452. The number of ether oxygens (including phenoxy) is 1. The third-order valence-corrected chi connectivity index (χ3v) is 5.16. The van der Waals surface area contributed by atoms with Crippen LogP contribution < -0.4 is 10.1 Å². The van der Waals surface area contributed by atoms with Crippen molar-refractivity contribution in [3.63, 3.8) is 0 Å². The van der Waals surface area contributed by atoms with Crippen molar-refractivity contribution in [2.24, 2.45) is 0 Å². The van der Waals surface area contributed by atoms with Gasteiger partial charge in [0.05, 0.1) is 17.7 Å². The monoisotopic (exact) mass is 397 g/mol. The average molecular weight is 397 g/mol. The maximum absolute atomic E-state index is 12.2. The maximum atomic E-state index is 12.2. The zero-order chi connectivity index (χ0) is 20.1. The molecule has 1 amide bonds. The molecule has 1 aromatic heterocycles. The molecule has 1 N–H and O–H groups in total. The Bertz CT molecular complexity index is 999. The van der Waals surface area contributed by atoms with Crippen LogP contribution in [0.15, 0.2) is 47.8 Å². The van der Waals surface area contributed by atoms with Gasteiger partial charge >= 0.3 is 0 Å². The average Bonchev–Trinajstić information content (AvgIpc) is 3.17. The van der Waals surface area contributed by atoms with Crippen molar-refractivity contribution < 1.29 is 14.5 Å². The van der Waals surface area contributed by atoms with Crippen LogP contribution in [0.3, 0.4) is 0 Å². The molecule has 0 aliphatic carbocycles. The zero-order valence-corrected chi connectivity index (χ0v) is 16.3. The number of amides is 1. The first kappa shape index (κ1) is 19.5. The molecule has 0 unspecified atom stereocenters. The van der Waals surface area contributed by atoms with Crippen LogP contribution in [-0.2, 0) is 6.42 Å². The zero-order valence-electron chi connectivity index (χ0n) is 15.5. The van der Waals surface area contributed by atoms with Gasteiger partial charge in [-0.25, -0.2) is 4.98 Å². The summed E-state index contributed by atoms with van der Waals surface area (Å²) in [7, 11) is 1.62. The molecule has 2 aromatic carbocycles. The van der Waals surface area contributed by atoms with Gasteiger partial charge in [0, 0.05) is 41.1 Å². The van der Waals surface area contributed by atoms with Crippen LogP contribution in [0, 0.1) is 17.0 Å². The SMILES string of the molecule is COc1ccc(-c2nc(CCNC(=O)c3ccc(C)c([N+](=O)[O-])c3)cs2)cc1. The fourth-order valence-corrected chi connectivity index (χ4v) is 3.50. The quantitative estimate of drug-likeness (QED) is 0.480. The van der Waals surface area contributed by atoms with Crippen LogP contribution in [0.5, 0.6) is 5.75 Å². The summed E-state index contributed by atoms with van der Waals surface area (Å²) >= 11 is 1.54. The summed E-state index contributed by atoms with van der Waals surface area (Å²) in [5, 5.41) is 16.7. The van der Waals surface area contributed by atoms with Crippen molar-refractivity contribution >= 4 is 22.9 Å². The Morgan fingerprint density at radius 1 is 1.25 bits per heavy atom. The van der Waals surface area contributed by atoms with Crippen LogP contribution >= 0.6 is 11.3 Å². The first-order valence-corrected chi connectivity index (χ1v) is 9.48. The molecule has 3 aromatic rings. The molecule has 0 saturated heterocycles. The van der Waals surface area contributed by atoms with E-state index < -0.39 is 4.92 Å². The number of benzene rings is 2. The Morgan fingerprint density at radius 3 is 2.68 bits per heavy atom. The Kier molecular flexibility index (Phi) is 6.00. The Labute approximate surface area is 166 Å². The van der Waals surface area contributed by atoms with E-state index in [2.05, 4.69) is 10.3 Å². The lowest BCUT2D eigenvalue weighted by Crippen LogP contribution is -2.25. The smallest absolute Gasteiger partial charge is 0.273 e. The van der Waals surface area contributed by atoms with Gasteiger partial charge in [-0.2, -0.15) is 0 Å². The number of hydrogen-bond donors (Lipinski definition) is 1. The van der Waals surface area contributed by atoms with Crippen LogP contribution in [0.25, 0.3) is 10.6 Å². The number of carbonyl (C=O) groups excluding carboxylic acids is 1. The minimum absolute atomic E-state index is 0.0590. The topological polar surface area (TPSA) is 94.4 Å². The first-order valence-electron chi connectivity index (χ1n) is 8.60. The summed E-state index contributed by atoms with van der Waals surface area (Å²) in [6.45, 7) is 2.04.